The van der Waals surface area contributed by atoms with Crippen LogP contribution < -0.4 is 10.5 Å². The molecule has 0 aliphatic rings. The van der Waals surface area contributed by atoms with Gasteiger partial charge < -0.3 is 10.5 Å². The van der Waals surface area contributed by atoms with Gasteiger partial charge in [0.1, 0.15) is 5.75 Å². The van der Waals surface area contributed by atoms with E-state index in [4.69, 9.17) is 10.5 Å². The molecule has 2 rings (SSSR count). The SMILES string of the molecule is Cc1ccc(C)c(CCOc2cccc(N)c2)c1. The summed E-state index contributed by atoms with van der Waals surface area (Å²) in [6.45, 7) is 4.92. The van der Waals surface area contributed by atoms with E-state index in [1.54, 1.807) is 0 Å². The molecule has 0 aliphatic carbocycles. The summed E-state index contributed by atoms with van der Waals surface area (Å²) in [6.07, 6.45) is 0.919. The summed E-state index contributed by atoms with van der Waals surface area (Å²) in [5, 5.41) is 0. The van der Waals surface area contributed by atoms with Crippen LogP contribution in [0.4, 0.5) is 5.69 Å². The van der Waals surface area contributed by atoms with Crippen molar-refractivity contribution in [1.29, 1.82) is 0 Å². The highest BCUT2D eigenvalue weighted by atomic mass is 16.5. The van der Waals surface area contributed by atoms with E-state index in [0.717, 1.165) is 17.9 Å². The van der Waals surface area contributed by atoms with Crippen molar-refractivity contribution in [3.05, 3.63) is 59.2 Å². The Hall–Kier alpha value is -1.96. The van der Waals surface area contributed by atoms with Gasteiger partial charge in [-0.05, 0) is 37.1 Å². The molecule has 0 unspecified atom stereocenters. The molecular weight excluding hydrogens is 222 g/mol. The molecule has 0 atom stereocenters. The highest BCUT2D eigenvalue weighted by Gasteiger charge is 2.00. The fourth-order valence-corrected chi connectivity index (χ4v) is 1.95. The van der Waals surface area contributed by atoms with Crippen molar-refractivity contribution >= 4 is 5.69 Å². The Balaban J connectivity index is 1.94. The number of hydrogen-bond acceptors (Lipinski definition) is 2. The number of nitrogens with two attached hydrogens (primary N) is 1. The molecule has 0 spiro atoms. The smallest absolute Gasteiger partial charge is 0.121 e. The van der Waals surface area contributed by atoms with Crippen LogP contribution in [-0.4, -0.2) is 6.61 Å². The zero-order chi connectivity index (χ0) is 13.0. The average Bonchev–Trinajstić information content (AvgIpc) is 2.34. The summed E-state index contributed by atoms with van der Waals surface area (Å²) in [6, 6.07) is 14.1. The number of aryl methyl sites for hydroxylation is 2. The van der Waals surface area contributed by atoms with Gasteiger partial charge >= 0.3 is 0 Å². The van der Waals surface area contributed by atoms with Gasteiger partial charge in [-0.2, -0.15) is 0 Å². The Bertz CT molecular complexity index is 534. The maximum atomic E-state index is 5.71. The molecule has 18 heavy (non-hydrogen) atoms. The minimum atomic E-state index is 0.674. The minimum Gasteiger partial charge on any atom is -0.493 e. The third-order valence-corrected chi connectivity index (χ3v) is 3.00. The summed E-state index contributed by atoms with van der Waals surface area (Å²) >= 11 is 0. The van der Waals surface area contributed by atoms with Crippen LogP contribution in [0.2, 0.25) is 0 Å². The van der Waals surface area contributed by atoms with Crippen LogP contribution in [0.15, 0.2) is 42.5 Å². The van der Waals surface area contributed by atoms with Crippen molar-refractivity contribution in [1.82, 2.24) is 0 Å². The number of ether oxygens (including phenoxy) is 1. The van der Waals surface area contributed by atoms with Gasteiger partial charge in [0.2, 0.25) is 0 Å². The Labute approximate surface area is 108 Å². The van der Waals surface area contributed by atoms with E-state index in [9.17, 15) is 0 Å². The van der Waals surface area contributed by atoms with Gasteiger partial charge in [0, 0.05) is 18.2 Å². The van der Waals surface area contributed by atoms with E-state index in [-0.39, 0.29) is 0 Å². The average molecular weight is 241 g/mol. The van der Waals surface area contributed by atoms with Crippen LogP contribution in [0.3, 0.4) is 0 Å². The second-order valence-electron chi connectivity index (χ2n) is 4.60. The molecule has 0 aromatic heterocycles. The monoisotopic (exact) mass is 241 g/mol. The van der Waals surface area contributed by atoms with Gasteiger partial charge in [0.05, 0.1) is 6.61 Å². The zero-order valence-corrected chi connectivity index (χ0v) is 10.9. The van der Waals surface area contributed by atoms with Gasteiger partial charge in [0.25, 0.3) is 0 Å². The van der Waals surface area contributed by atoms with Crippen LogP contribution in [0, 0.1) is 13.8 Å². The molecule has 0 heterocycles. The standard InChI is InChI=1S/C16H19NO/c1-12-6-7-13(2)14(10-12)8-9-18-16-5-3-4-15(17)11-16/h3-7,10-11H,8-9,17H2,1-2H3. The van der Waals surface area contributed by atoms with Gasteiger partial charge in [-0.1, -0.05) is 29.8 Å². The first-order valence-electron chi connectivity index (χ1n) is 6.19. The zero-order valence-electron chi connectivity index (χ0n) is 10.9. The van der Waals surface area contributed by atoms with Gasteiger partial charge in [0.15, 0.2) is 0 Å². The highest BCUT2D eigenvalue weighted by Crippen LogP contribution is 2.16. The molecule has 0 bridgehead atoms. The molecule has 2 aromatic carbocycles. The van der Waals surface area contributed by atoms with E-state index in [0.29, 0.717) is 6.61 Å². The summed E-state index contributed by atoms with van der Waals surface area (Å²) in [4.78, 5) is 0. The largest absolute Gasteiger partial charge is 0.493 e. The first-order chi connectivity index (χ1) is 8.65. The molecule has 2 heteroatoms. The van der Waals surface area contributed by atoms with Crippen LogP contribution in [0.1, 0.15) is 16.7 Å². The first-order valence-corrected chi connectivity index (χ1v) is 6.19. The summed E-state index contributed by atoms with van der Waals surface area (Å²) in [5.41, 5.74) is 10.4. The summed E-state index contributed by atoms with van der Waals surface area (Å²) in [5.74, 6) is 0.834. The molecule has 2 nitrogen and oxygen atoms in total. The fourth-order valence-electron chi connectivity index (χ4n) is 1.95. The lowest BCUT2D eigenvalue weighted by molar-refractivity contribution is 0.322. The predicted molar refractivity (Wildman–Crippen MR) is 76.0 cm³/mol. The third-order valence-electron chi connectivity index (χ3n) is 3.00. The number of hydrogen-bond donors (Lipinski definition) is 1. The van der Waals surface area contributed by atoms with Crippen LogP contribution in [0.25, 0.3) is 0 Å². The maximum Gasteiger partial charge on any atom is 0.121 e. The maximum absolute atomic E-state index is 5.71. The van der Waals surface area contributed by atoms with Crippen molar-refractivity contribution in [2.45, 2.75) is 20.3 Å². The second-order valence-corrected chi connectivity index (χ2v) is 4.60. The molecule has 0 amide bonds. The molecular formula is C16H19NO. The Morgan fingerprint density at radius 2 is 1.89 bits per heavy atom. The normalized spacial score (nSPS) is 10.3. The summed E-state index contributed by atoms with van der Waals surface area (Å²) < 4.78 is 5.71. The molecule has 0 saturated heterocycles. The van der Waals surface area contributed by atoms with E-state index in [1.165, 1.54) is 16.7 Å². The Morgan fingerprint density at radius 3 is 2.67 bits per heavy atom. The van der Waals surface area contributed by atoms with E-state index < -0.39 is 0 Å². The Kier molecular flexibility index (Phi) is 3.88. The quantitative estimate of drug-likeness (QED) is 0.831. The number of anilines is 1. The van der Waals surface area contributed by atoms with Gasteiger partial charge in [-0.25, -0.2) is 0 Å². The lowest BCUT2D eigenvalue weighted by Crippen LogP contribution is -2.03. The van der Waals surface area contributed by atoms with E-state index in [1.807, 2.05) is 24.3 Å². The number of benzene rings is 2. The fraction of sp³-hybridized carbons (Fsp3) is 0.250. The number of rotatable bonds is 4. The van der Waals surface area contributed by atoms with E-state index >= 15 is 0 Å². The van der Waals surface area contributed by atoms with Crippen LogP contribution in [0.5, 0.6) is 5.75 Å². The molecule has 94 valence electrons. The lowest BCUT2D eigenvalue weighted by Gasteiger charge is -2.09. The Morgan fingerprint density at radius 1 is 1.06 bits per heavy atom. The first kappa shape index (κ1) is 12.5. The van der Waals surface area contributed by atoms with Crippen molar-refractivity contribution in [3.8, 4) is 5.75 Å². The third kappa shape index (κ3) is 3.27. The molecule has 0 aliphatic heterocycles. The lowest BCUT2D eigenvalue weighted by atomic mass is 10.0. The van der Waals surface area contributed by atoms with Crippen LogP contribution in [-0.2, 0) is 6.42 Å². The molecule has 0 saturated carbocycles. The highest BCUT2D eigenvalue weighted by molar-refractivity contribution is 5.43. The topological polar surface area (TPSA) is 35.2 Å². The summed E-state index contributed by atoms with van der Waals surface area (Å²) in [7, 11) is 0. The van der Waals surface area contributed by atoms with Crippen molar-refractivity contribution in [2.75, 3.05) is 12.3 Å². The molecule has 2 N–H and O–H groups in total. The minimum absolute atomic E-state index is 0.674. The molecule has 0 fully saturated rings. The molecule has 2 aromatic rings. The van der Waals surface area contributed by atoms with E-state index in [2.05, 4.69) is 32.0 Å². The van der Waals surface area contributed by atoms with Crippen molar-refractivity contribution in [2.24, 2.45) is 0 Å². The van der Waals surface area contributed by atoms with Gasteiger partial charge in [-0.15, -0.1) is 0 Å². The number of nitrogen functional groups attached to an aromatic ring is 1. The van der Waals surface area contributed by atoms with Crippen molar-refractivity contribution < 1.29 is 4.74 Å². The molecule has 0 radical (unpaired) electrons. The predicted octanol–water partition coefficient (Wildman–Crippen LogP) is 3.51. The second kappa shape index (κ2) is 5.58. The van der Waals surface area contributed by atoms with Gasteiger partial charge in [-0.3, -0.25) is 0 Å². The van der Waals surface area contributed by atoms with Crippen LogP contribution >= 0.6 is 0 Å². The van der Waals surface area contributed by atoms with Crippen molar-refractivity contribution in [3.63, 3.8) is 0 Å².